The molecule has 2 aliphatic heterocycles. The molecule has 0 saturated carbocycles. The maximum absolute atomic E-state index is 17.1. The molecule has 2 aromatic heterocycles. The minimum atomic E-state index is -1.14. The Morgan fingerprint density at radius 2 is 1.89 bits per heavy atom. The molecule has 0 spiro atoms. The van der Waals surface area contributed by atoms with Gasteiger partial charge in [0, 0.05) is 24.3 Å². The van der Waals surface area contributed by atoms with Gasteiger partial charge in [0.1, 0.15) is 23.1 Å². The van der Waals surface area contributed by atoms with Crippen molar-refractivity contribution in [1.29, 1.82) is 0 Å². The molecule has 0 aliphatic carbocycles. The first-order valence-electron chi connectivity index (χ1n) is 14.2. The average molecular weight is 601 g/mol. The molecule has 2 atom stereocenters. The molecule has 1 fully saturated rings. The summed E-state index contributed by atoms with van der Waals surface area (Å²) in [6, 6.07) is 5.80. The van der Waals surface area contributed by atoms with E-state index in [0.29, 0.717) is 11.3 Å². The number of hydrogen-bond donors (Lipinski definition) is 2. The number of aryl methyl sites for hydroxylation is 1. The van der Waals surface area contributed by atoms with Gasteiger partial charge in [0.05, 0.1) is 34.6 Å². The molecule has 44 heavy (non-hydrogen) atoms. The number of nitrogens with zero attached hydrogens (tertiary/aromatic N) is 5. The van der Waals surface area contributed by atoms with E-state index >= 15 is 8.78 Å². The zero-order valence-corrected chi connectivity index (χ0v) is 24.6. The second kappa shape index (κ2) is 10.5. The molecule has 2 aromatic carbocycles. The minimum Gasteiger partial charge on any atom is -0.507 e. The van der Waals surface area contributed by atoms with Crippen LogP contribution < -0.4 is 15.9 Å². The fourth-order valence-corrected chi connectivity index (χ4v) is 6.20. The zero-order chi connectivity index (χ0) is 31.6. The van der Waals surface area contributed by atoms with Crippen LogP contribution in [0, 0.1) is 18.6 Å². The van der Waals surface area contributed by atoms with Crippen molar-refractivity contribution < 1.29 is 23.5 Å². The van der Waals surface area contributed by atoms with Gasteiger partial charge in [-0.1, -0.05) is 38.6 Å². The lowest BCUT2D eigenvalue weighted by molar-refractivity contribution is -0.130. The van der Waals surface area contributed by atoms with Crippen molar-refractivity contribution in [1.82, 2.24) is 19.4 Å². The summed E-state index contributed by atoms with van der Waals surface area (Å²) in [6.07, 6.45) is 2.73. The molecule has 0 radical (unpaired) electrons. The third-order valence-corrected chi connectivity index (χ3v) is 8.31. The number of piperazine rings is 1. The monoisotopic (exact) mass is 600 g/mol. The highest BCUT2D eigenvalue weighted by Gasteiger charge is 2.43. The molecule has 2 N–H and O–H groups in total. The average Bonchev–Trinajstić information content (AvgIpc) is 3.10. The number of hydrogen-bond acceptors (Lipinski definition) is 7. The summed E-state index contributed by atoms with van der Waals surface area (Å²) in [5.41, 5.74) is -1.01. The second-order valence-corrected chi connectivity index (χ2v) is 11.4. The SMILES string of the molecule is C=CC(=O)N1CC2C(=O)Nc3c(F)c(-c4ccccc4O)c(F)c4c3c(nc(=O)n4-c3c(C)ccnc3C(C)C)N2CC1C. The summed E-state index contributed by atoms with van der Waals surface area (Å²) in [5.74, 6) is -4.02. The largest absolute Gasteiger partial charge is 0.507 e. The summed E-state index contributed by atoms with van der Waals surface area (Å²) in [6.45, 7) is 10.7. The molecule has 2 amide bonds. The fraction of sp³-hybridized carbons (Fsp3) is 0.281. The van der Waals surface area contributed by atoms with Gasteiger partial charge in [-0.05, 0) is 43.5 Å². The minimum absolute atomic E-state index is 0.0519. The normalized spacial score (nSPS) is 17.8. The van der Waals surface area contributed by atoms with Crippen molar-refractivity contribution in [3.8, 4) is 22.6 Å². The van der Waals surface area contributed by atoms with Crippen LogP contribution in [0.1, 0.15) is 37.9 Å². The molecule has 12 heteroatoms. The Kier molecular flexibility index (Phi) is 6.94. The van der Waals surface area contributed by atoms with Crippen LogP contribution in [0.15, 0.2) is 54.0 Å². The molecule has 4 aromatic rings. The Labute approximate surface area is 251 Å². The number of carbonyl (C=O) groups excluding carboxylic acids is 2. The van der Waals surface area contributed by atoms with Gasteiger partial charge >= 0.3 is 5.69 Å². The number of rotatable bonds is 4. The van der Waals surface area contributed by atoms with Crippen LogP contribution in [0.2, 0.25) is 0 Å². The number of aromatic hydroxyl groups is 1. The number of amides is 2. The Bertz CT molecular complexity index is 1960. The maximum Gasteiger partial charge on any atom is 0.354 e. The number of fused-ring (bicyclic) bond motifs is 2. The molecule has 6 rings (SSSR count). The molecular formula is C32H30F2N6O4. The number of pyridine rings is 1. The first-order valence-corrected chi connectivity index (χ1v) is 14.2. The van der Waals surface area contributed by atoms with Crippen molar-refractivity contribution >= 4 is 34.2 Å². The van der Waals surface area contributed by atoms with Crippen LogP contribution in [0.3, 0.4) is 0 Å². The first kappa shape index (κ1) is 29.0. The van der Waals surface area contributed by atoms with E-state index in [4.69, 9.17) is 0 Å². The van der Waals surface area contributed by atoms with Crippen molar-refractivity contribution in [3.63, 3.8) is 0 Å². The summed E-state index contributed by atoms with van der Waals surface area (Å²) in [4.78, 5) is 52.3. The van der Waals surface area contributed by atoms with Crippen molar-refractivity contribution in [2.45, 2.75) is 45.7 Å². The van der Waals surface area contributed by atoms with E-state index in [9.17, 15) is 19.5 Å². The third kappa shape index (κ3) is 4.23. The summed E-state index contributed by atoms with van der Waals surface area (Å²) in [5, 5.41) is 13.2. The number of nitrogens with one attached hydrogen (secondary N) is 1. The van der Waals surface area contributed by atoms with Gasteiger partial charge in [0.2, 0.25) is 11.8 Å². The summed E-state index contributed by atoms with van der Waals surface area (Å²) in [7, 11) is 0. The van der Waals surface area contributed by atoms with Crippen LogP contribution >= 0.6 is 0 Å². The standard InChI is InChI=1S/C32H30F2N6O4/c1-6-21(42)38-14-19-31(43)36-27-23-29(25(34)22(24(27)33)18-9-7-8-10-20(18)41)40(28-16(4)11-12-35-26(28)15(2)3)32(44)37-30(23)39(19)13-17(38)5/h6-12,15,17,19,41H,1,13-14H2,2-5H3,(H,36,43). The van der Waals surface area contributed by atoms with E-state index < -0.39 is 58.2 Å². The van der Waals surface area contributed by atoms with Gasteiger partial charge < -0.3 is 20.2 Å². The Hall–Kier alpha value is -5.13. The topological polar surface area (TPSA) is 121 Å². The van der Waals surface area contributed by atoms with Crippen LogP contribution in [0.5, 0.6) is 5.75 Å². The molecular weight excluding hydrogens is 570 g/mol. The summed E-state index contributed by atoms with van der Waals surface area (Å²) < 4.78 is 34.8. The number of anilines is 2. The van der Waals surface area contributed by atoms with E-state index in [1.165, 1.54) is 34.1 Å². The smallest absolute Gasteiger partial charge is 0.354 e. The lowest BCUT2D eigenvalue weighted by Gasteiger charge is -2.44. The highest BCUT2D eigenvalue weighted by molar-refractivity contribution is 6.13. The number of carbonyl (C=O) groups is 2. The van der Waals surface area contributed by atoms with Gasteiger partial charge in [-0.3, -0.25) is 19.1 Å². The fourth-order valence-electron chi connectivity index (χ4n) is 6.20. The molecule has 2 aliphatic rings. The Morgan fingerprint density at radius 3 is 2.57 bits per heavy atom. The number of phenols is 1. The predicted molar refractivity (Wildman–Crippen MR) is 162 cm³/mol. The van der Waals surface area contributed by atoms with Gasteiger partial charge in [-0.15, -0.1) is 0 Å². The van der Waals surface area contributed by atoms with E-state index in [2.05, 4.69) is 21.9 Å². The van der Waals surface area contributed by atoms with E-state index in [1.54, 1.807) is 26.1 Å². The van der Waals surface area contributed by atoms with Crippen molar-refractivity contribution in [2.75, 3.05) is 23.3 Å². The van der Waals surface area contributed by atoms with Gasteiger partial charge in [0.25, 0.3) is 0 Å². The van der Waals surface area contributed by atoms with Gasteiger partial charge in [-0.2, -0.15) is 4.98 Å². The molecule has 1 saturated heterocycles. The van der Waals surface area contributed by atoms with Crippen LogP contribution in [0.25, 0.3) is 27.7 Å². The van der Waals surface area contributed by atoms with Crippen molar-refractivity contribution in [3.05, 3.63) is 82.6 Å². The number of aromatic nitrogens is 3. The molecule has 10 nitrogen and oxygen atoms in total. The molecule has 226 valence electrons. The molecule has 2 unspecified atom stereocenters. The predicted octanol–water partition coefficient (Wildman–Crippen LogP) is 4.41. The Morgan fingerprint density at radius 1 is 1.16 bits per heavy atom. The maximum atomic E-state index is 17.1. The number of halogens is 2. The highest BCUT2D eigenvalue weighted by Crippen LogP contribution is 2.46. The van der Waals surface area contributed by atoms with Gasteiger partial charge in [0.15, 0.2) is 11.6 Å². The Balaban J connectivity index is 1.78. The van der Waals surface area contributed by atoms with E-state index in [1.807, 2.05) is 13.8 Å². The zero-order valence-electron chi connectivity index (χ0n) is 24.6. The number of phenolic OH excluding ortho intramolecular Hbond substituents is 1. The molecule has 0 bridgehead atoms. The first-order chi connectivity index (χ1) is 21.0. The highest BCUT2D eigenvalue weighted by atomic mass is 19.1. The van der Waals surface area contributed by atoms with Crippen LogP contribution in [0.4, 0.5) is 20.3 Å². The number of benzene rings is 2. The lowest BCUT2D eigenvalue weighted by atomic mass is 9.98. The third-order valence-electron chi connectivity index (χ3n) is 8.31. The van der Waals surface area contributed by atoms with Crippen LogP contribution in [-0.4, -0.2) is 61.5 Å². The van der Waals surface area contributed by atoms with E-state index in [0.717, 1.165) is 10.6 Å². The lowest BCUT2D eigenvalue weighted by Crippen LogP contribution is -2.62. The quantitative estimate of drug-likeness (QED) is 0.333. The van der Waals surface area contributed by atoms with Crippen molar-refractivity contribution in [2.24, 2.45) is 0 Å². The summed E-state index contributed by atoms with van der Waals surface area (Å²) >= 11 is 0. The second-order valence-electron chi connectivity index (χ2n) is 11.4. The molecule has 4 heterocycles. The van der Waals surface area contributed by atoms with E-state index in [-0.39, 0.29) is 47.0 Å². The van der Waals surface area contributed by atoms with Crippen LogP contribution in [-0.2, 0) is 9.59 Å². The number of para-hydroxylation sites is 1. The van der Waals surface area contributed by atoms with Gasteiger partial charge in [-0.25, -0.2) is 13.6 Å².